The number of carbonyl (C=O) groups is 1. The third-order valence-electron chi connectivity index (χ3n) is 4.77. The van der Waals surface area contributed by atoms with Crippen molar-refractivity contribution in [3.8, 4) is 0 Å². The van der Waals surface area contributed by atoms with Crippen molar-refractivity contribution in [1.82, 2.24) is 9.80 Å². The Kier molecular flexibility index (Phi) is 4.94. The van der Waals surface area contributed by atoms with Gasteiger partial charge < -0.3 is 9.64 Å². The number of hydrogen-bond acceptors (Lipinski definition) is 5. The van der Waals surface area contributed by atoms with Crippen molar-refractivity contribution < 1.29 is 31.1 Å². The van der Waals surface area contributed by atoms with Crippen molar-refractivity contribution in [1.29, 1.82) is 0 Å². The molecule has 0 aliphatic carbocycles. The summed E-state index contributed by atoms with van der Waals surface area (Å²) in [5, 5.41) is 0. The van der Waals surface area contributed by atoms with Crippen molar-refractivity contribution in [3.05, 3.63) is 29.8 Å². The van der Waals surface area contributed by atoms with E-state index in [0.29, 0.717) is 19.6 Å². The molecule has 2 aliphatic heterocycles. The minimum atomic E-state index is -5.32. The minimum Gasteiger partial charge on any atom is -0.444 e. The first kappa shape index (κ1) is 20.9. The number of alkyl halides is 3. The van der Waals surface area contributed by atoms with Crippen LogP contribution in [0.15, 0.2) is 29.2 Å². The number of hydrogen-bond donors (Lipinski definition) is 0. The van der Waals surface area contributed by atoms with Gasteiger partial charge in [-0.2, -0.15) is 13.2 Å². The molecular weight excluding hydrogens is 397 g/mol. The van der Waals surface area contributed by atoms with E-state index in [1.807, 2.05) is 20.8 Å². The molecule has 1 spiro atoms. The van der Waals surface area contributed by atoms with Crippen LogP contribution in [0.1, 0.15) is 26.3 Å². The van der Waals surface area contributed by atoms with Crippen LogP contribution >= 0.6 is 0 Å². The fourth-order valence-corrected chi connectivity index (χ4v) is 4.36. The van der Waals surface area contributed by atoms with Crippen LogP contribution in [0, 0.1) is 5.41 Å². The number of carbonyl (C=O) groups excluding carboxylic acids is 1. The van der Waals surface area contributed by atoms with E-state index in [9.17, 15) is 26.4 Å². The van der Waals surface area contributed by atoms with Gasteiger partial charge in [0.2, 0.25) is 0 Å². The predicted octanol–water partition coefficient (Wildman–Crippen LogP) is 3.03. The average Bonchev–Trinajstić information content (AvgIpc) is 2.45. The Hall–Kier alpha value is -1.81. The summed E-state index contributed by atoms with van der Waals surface area (Å²) < 4.78 is 65.8. The van der Waals surface area contributed by atoms with Crippen molar-refractivity contribution in [3.63, 3.8) is 0 Å². The Morgan fingerprint density at radius 3 is 2.07 bits per heavy atom. The summed E-state index contributed by atoms with van der Waals surface area (Å²) in [6.45, 7) is 8.76. The number of ether oxygens (including phenoxy) is 1. The zero-order valence-electron chi connectivity index (χ0n) is 15.9. The van der Waals surface area contributed by atoms with Crippen LogP contribution < -0.4 is 0 Å². The number of nitrogens with zero attached hydrogens (tertiary/aromatic N) is 2. The third-order valence-corrected chi connectivity index (χ3v) is 6.27. The van der Waals surface area contributed by atoms with Crippen LogP contribution in [-0.4, -0.2) is 61.6 Å². The molecule has 2 fully saturated rings. The van der Waals surface area contributed by atoms with Crippen molar-refractivity contribution in [2.45, 2.75) is 43.3 Å². The number of sulfone groups is 1. The average molecular weight is 420 g/mol. The van der Waals surface area contributed by atoms with E-state index in [2.05, 4.69) is 4.90 Å². The first-order chi connectivity index (χ1) is 12.7. The second kappa shape index (κ2) is 6.62. The molecule has 2 saturated heterocycles. The fraction of sp³-hybridized carbons (Fsp3) is 0.611. The normalized spacial score (nSPS) is 19.9. The number of likely N-dealkylation sites (tertiary alicyclic amines) is 2. The Labute approximate surface area is 162 Å². The van der Waals surface area contributed by atoms with Crippen molar-refractivity contribution >= 4 is 15.9 Å². The van der Waals surface area contributed by atoms with Crippen molar-refractivity contribution in [2.75, 3.05) is 26.2 Å². The number of amides is 1. The Morgan fingerprint density at radius 2 is 1.61 bits per heavy atom. The second-order valence-electron chi connectivity index (χ2n) is 8.57. The first-order valence-corrected chi connectivity index (χ1v) is 10.3. The van der Waals surface area contributed by atoms with E-state index in [4.69, 9.17) is 4.74 Å². The summed E-state index contributed by atoms with van der Waals surface area (Å²) in [7, 11) is -5.32. The maximum Gasteiger partial charge on any atom is 0.501 e. The maximum atomic E-state index is 12.6. The van der Waals surface area contributed by atoms with Gasteiger partial charge in [-0.15, -0.1) is 0 Å². The van der Waals surface area contributed by atoms with Gasteiger partial charge in [-0.3, -0.25) is 4.90 Å². The Morgan fingerprint density at radius 1 is 1.07 bits per heavy atom. The lowest BCUT2D eigenvalue weighted by Crippen LogP contribution is -2.72. The highest BCUT2D eigenvalue weighted by Gasteiger charge is 2.53. The lowest BCUT2D eigenvalue weighted by molar-refractivity contribution is -0.115. The van der Waals surface area contributed by atoms with Crippen molar-refractivity contribution in [2.24, 2.45) is 5.41 Å². The molecular formula is C18H23F3N2O4S. The molecule has 2 heterocycles. The van der Waals surface area contributed by atoms with Gasteiger partial charge in [0.15, 0.2) is 0 Å². The molecule has 0 unspecified atom stereocenters. The molecule has 0 bridgehead atoms. The molecule has 2 aliphatic rings. The SMILES string of the molecule is CC(C)(C)OC(=O)N1CC2(CN(Cc3ccc(S(=O)(=O)C(F)(F)F)cc3)C2)C1. The van der Waals surface area contributed by atoms with Gasteiger partial charge in [-0.25, -0.2) is 13.2 Å². The molecule has 1 aromatic rings. The Bertz CT molecular complexity index is 846. The van der Waals surface area contributed by atoms with Gasteiger partial charge >= 0.3 is 11.6 Å². The summed E-state index contributed by atoms with van der Waals surface area (Å²) in [5.41, 5.74) is -5.05. The number of rotatable bonds is 3. The standard InChI is InChI=1S/C18H23F3N2O4S/c1-16(2,3)27-15(24)23-11-17(12-23)9-22(10-17)8-13-4-6-14(7-5-13)28(25,26)18(19,20)21/h4-7H,8-12H2,1-3H3. The van der Waals surface area contributed by atoms with Crippen LogP contribution in [-0.2, 0) is 21.1 Å². The molecule has 28 heavy (non-hydrogen) atoms. The van der Waals surface area contributed by atoms with Gasteiger partial charge in [0.05, 0.1) is 4.90 Å². The van der Waals surface area contributed by atoms with Crippen LogP contribution in [0.25, 0.3) is 0 Å². The lowest BCUT2D eigenvalue weighted by Gasteiger charge is -2.60. The molecule has 1 aromatic carbocycles. The van der Waals surface area contributed by atoms with Gasteiger partial charge in [-0.05, 0) is 38.5 Å². The molecule has 0 saturated carbocycles. The van der Waals surface area contributed by atoms with Gasteiger partial charge in [0.25, 0.3) is 9.84 Å². The monoisotopic (exact) mass is 420 g/mol. The van der Waals surface area contributed by atoms with E-state index in [1.54, 1.807) is 4.90 Å². The van der Waals surface area contributed by atoms with Gasteiger partial charge in [0.1, 0.15) is 5.60 Å². The third kappa shape index (κ3) is 4.12. The van der Waals surface area contributed by atoms with Crippen LogP contribution in [0.3, 0.4) is 0 Å². The lowest BCUT2D eigenvalue weighted by atomic mass is 9.73. The van der Waals surface area contributed by atoms with E-state index in [0.717, 1.165) is 30.8 Å². The number of benzene rings is 1. The summed E-state index contributed by atoms with van der Waals surface area (Å²) in [6, 6.07) is 4.78. The highest BCUT2D eigenvalue weighted by atomic mass is 32.2. The molecule has 1 amide bonds. The minimum absolute atomic E-state index is 0.0521. The van der Waals surface area contributed by atoms with Gasteiger partial charge in [-0.1, -0.05) is 12.1 Å². The molecule has 0 radical (unpaired) electrons. The molecule has 0 atom stereocenters. The second-order valence-corrected chi connectivity index (χ2v) is 10.5. The topological polar surface area (TPSA) is 66.9 Å². The number of halogens is 3. The summed E-state index contributed by atoms with van der Waals surface area (Å²) >= 11 is 0. The zero-order chi connectivity index (χ0) is 21.0. The van der Waals surface area contributed by atoms with Crippen LogP contribution in [0.4, 0.5) is 18.0 Å². The van der Waals surface area contributed by atoms with E-state index < -0.39 is 25.8 Å². The fourth-order valence-electron chi connectivity index (χ4n) is 3.60. The first-order valence-electron chi connectivity index (χ1n) is 8.81. The smallest absolute Gasteiger partial charge is 0.444 e. The van der Waals surface area contributed by atoms with Gasteiger partial charge in [0, 0.05) is 38.1 Å². The molecule has 0 N–H and O–H groups in total. The highest BCUT2D eigenvalue weighted by Crippen LogP contribution is 2.41. The summed E-state index contributed by atoms with van der Waals surface area (Å²) in [6.07, 6.45) is -0.321. The molecule has 156 valence electrons. The quantitative estimate of drug-likeness (QED) is 0.752. The highest BCUT2D eigenvalue weighted by molar-refractivity contribution is 7.92. The molecule has 0 aromatic heterocycles. The Balaban J connectivity index is 1.49. The maximum absolute atomic E-state index is 12.6. The van der Waals surface area contributed by atoms with E-state index in [1.165, 1.54) is 12.1 Å². The predicted molar refractivity (Wildman–Crippen MR) is 95.2 cm³/mol. The summed E-state index contributed by atoms with van der Waals surface area (Å²) in [4.78, 5) is 15.0. The molecule has 6 nitrogen and oxygen atoms in total. The largest absolute Gasteiger partial charge is 0.501 e. The zero-order valence-corrected chi connectivity index (χ0v) is 16.7. The van der Waals surface area contributed by atoms with E-state index in [-0.39, 0.29) is 11.5 Å². The van der Waals surface area contributed by atoms with Crippen LogP contribution in [0.2, 0.25) is 0 Å². The van der Waals surface area contributed by atoms with Crippen LogP contribution in [0.5, 0.6) is 0 Å². The summed E-state index contributed by atoms with van der Waals surface area (Å²) in [5.74, 6) is 0. The van der Waals surface area contributed by atoms with E-state index >= 15 is 0 Å². The molecule has 10 heteroatoms. The molecule has 3 rings (SSSR count).